The fraction of sp³-hybridized carbons (Fsp3) is 0.636. The van der Waals surface area contributed by atoms with Gasteiger partial charge in [-0.25, -0.2) is 4.98 Å². The number of rotatable bonds is 5. The van der Waals surface area contributed by atoms with Gasteiger partial charge < -0.3 is 10.2 Å². The lowest BCUT2D eigenvalue weighted by molar-refractivity contribution is -0.130. The van der Waals surface area contributed by atoms with E-state index in [0.717, 1.165) is 44.7 Å². The third kappa shape index (κ3) is 3.28. The molecule has 0 radical (unpaired) electrons. The molecule has 0 saturated carbocycles. The summed E-state index contributed by atoms with van der Waals surface area (Å²) in [6, 6.07) is 0. The second kappa shape index (κ2) is 5.96. The fourth-order valence-electron chi connectivity index (χ4n) is 1.86. The highest BCUT2D eigenvalue weighted by atomic mass is 32.1. The van der Waals surface area contributed by atoms with Gasteiger partial charge in [0.1, 0.15) is 0 Å². The third-order valence-corrected chi connectivity index (χ3v) is 3.40. The zero-order valence-electron chi connectivity index (χ0n) is 9.32. The molecular weight excluding hydrogens is 222 g/mol. The summed E-state index contributed by atoms with van der Waals surface area (Å²) in [5.41, 5.74) is 2.88. The van der Waals surface area contributed by atoms with Gasteiger partial charge >= 0.3 is 0 Å². The molecule has 88 valence electrons. The van der Waals surface area contributed by atoms with Crippen LogP contribution in [0.25, 0.3) is 0 Å². The summed E-state index contributed by atoms with van der Waals surface area (Å²) in [6.45, 7) is 3.40. The Balaban J connectivity index is 1.59. The van der Waals surface area contributed by atoms with Crippen molar-refractivity contribution in [2.75, 3.05) is 19.6 Å². The first-order valence-corrected chi connectivity index (χ1v) is 6.66. The van der Waals surface area contributed by atoms with Gasteiger partial charge in [-0.2, -0.15) is 0 Å². The minimum Gasteiger partial charge on any atom is -0.343 e. The maximum atomic E-state index is 11.7. The lowest BCUT2D eigenvalue weighted by Crippen LogP contribution is -2.30. The Kier molecular flexibility index (Phi) is 4.30. The first-order valence-electron chi connectivity index (χ1n) is 5.72. The molecule has 5 heteroatoms. The van der Waals surface area contributed by atoms with Crippen molar-refractivity contribution in [2.24, 2.45) is 0 Å². The maximum Gasteiger partial charge on any atom is 0.223 e. The highest BCUT2D eigenvalue weighted by Gasteiger charge is 2.16. The van der Waals surface area contributed by atoms with Gasteiger partial charge in [0.15, 0.2) is 0 Å². The average molecular weight is 239 g/mol. The minimum atomic E-state index is 0.281. The van der Waals surface area contributed by atoms with Crippen LogP contribution in [0.2, 0.25) is 0 Å². The molecule has 1 aliphatic rings. The van der Waals surface area contributed by atoms with Crippen LogP contribution in [0.3, 0.4) is 0 Å². The molecule has 4 nitrogen and oxygen atoms in total. The largest absolute Gasteiger partial charge is 0.343 e. The zero-order valence-corrected chi connectivity index (χ0v) is 10.1. The summed E-state index contributed by atoms with van der Waals surface area (Å²) >= 11 is 1.60. The first kappa shape index (κ1) is 11.5. The topological polar surface area (TPSA) is 45.2 Å². The molecule has 0 unspecified atom stereocenters. The molecule has 1 aromatic heterocycles. The highest BCUT2D eigenvalue weighted by Crippen LogP contribution is 2.08. The van der Waals surface area contributed by atoms with Crippen LogP contribution in [-0.4, -0.2) is 35.4 Å². The number of nitrogens with one attached hydrogen (secondary N) is 1. The molecule has 1 aliphatic heterocycles. The van der Waals surface area contributed by atoms with Gasteiger partial charge in [0.2, 0.25) is 5.91 Å². The summed E-state index contributed by atoms with van der Waals surface area (Å²) in [5.74, 6) is 0.281. The Morgan fingerprint density at radius 1 is 1.50 bits per heavy atom. The predicted molar refractivity (Wildman–Crippen MR) is 64.3 cm³/mol. The van der Waals surface area contributed by atoms with E-state index < -0.39 is 0 Å². The molecule has 1 saturated heterocycles. The predicted octanol–water partition coefficient (Wildman–Crippen LogP) is 1.25. The monoisotopic (exact) mass is 239 g/mol. The number of amides is 1. The van der Waals surface area contributed by atoms with E-state index in [0.29, 0.717) is 6.42 Å². The second-order valence-electron chi connectivity index (χ2n) is 3.99. The number of hydrogen-bond donors (Lipinski definition) is 1. The van der Waals surface area contributed by atoms with Crippen molar-refractivity contribution >= 4 is 17.2 Å². The number of hydrogen-bond acceptors (Lipinski definition) is 4. The van der Waals surface area contributed by atoms with Gasteiger partial charge in [-0.15, -0.1) is 11.3 Å². The fourth-order valence-corrected chi connectivity index (χ4v) is 2.42. The van der Waals surface area contributed by atoms with Gasteiger partial charge in [-0.3, -0.25) is 4.79 Å². The first-order chi connectivity index (χ1) is 7.86. The van der Waals surface area contributed by atoms with Crippen molar-refractivity contribution < 1.29 is 4.79 Å². The van der Waals surface area contributed by atoms with Crippen molar-refractivity contribution in [3.63, 3.8) is 0 Å². The van der Waals surface area contributed by atoms with Crippen LogP contribution in [0.4, 0.5) is 0 Å². The molecule has 1 amide bonds. The lowest BCUT2D eigenvalue weighted by Gasteiger charge is -2.14. The number of aromatic nitrogens is 1. The maximum absolute atomic E-state index is 11.7. The van der Waals surface area contributed by atoms with E-state index in [4.69, 9.17) is 0 Å². The molecule has 0 aromatic carbocycles. The van der Waals surface area contributed by atoms with Gasteiger partial charge in [0.05, 0.1) is 11.2 Å². The van der Waals surface area contributed by atoms with Crippen molar-refractivity contribution in [3.05, 3.63) is 16.6 Å². The number of carbonyl (C=O) groups excluding carboxylic acids is 1. The Bertz CT molecular complexity index is 320. The molecule has 0 spiro atoms. The van der Waals surface area contributed by atoms with Crippen LogP contribution >= 0.6 is 11.3 Å². The van der Waals surface area contributed by atoms with E-state index in [-0.39, 0.29) is 5.91 Å². The van der Waals surface area contributed by atoms with Gasteiger partial charge in [-0.1, -0.05) is 0 Å². The Morgan fingerprint density at radius 3 is 3.00 bits per heavy atom. The molecule has 2 rings (SSSR count). The highest BCUT2D eigenvalue weighted by molar-refractivity contribution is 7.07. The van der Waals surface area contributed by atoms with Crippen molar-refractivity contribution in [3.8, 4) is 0 Å². The third-order valence-electron chi connectivity index (χ3n) is 2.76. The van der Waals surface area contributed by atoms with E-state index in [2.05, 4.69) is 10.3 Å². The van der Waals surface area contributed by atoms with Crippen LogP contribution in [0, 0.1) is 0 Å². The number of thiazole rings is 1. The van der Waals surface area contributed by atoms with Crippen LogP contribution in [-0.2, 0) is 11.3 Å². The van der Waals surface area contributed by atoms with Crippen LogP contribution in [0.1, 0.15) is 25.0 Å². The number of nitrogens with zero attached hydrogens (tertiary/aromatic N) is 2. The molecule has 1 fully saturated rings. The van der Waals surface area contributed by atoms with Crippen LogP contribution < -0.4 is 5.32 Å². The van der Waals surface area contributed by atoms with E-state index in [1.807, 2.05) is 15.8 Å². The molecule has 0 aliphatic carbocycles. The Labute approximate surface area is 99.7 Å². The number of likely N-dealkylation sites (tertiary alicyclic amines) is 1. The molecular formula is C11H17N3OS. The molecule has 1 aromatic rings. The summed E-state index contributed by atoms with van der Waals surface area (Å²) in [5, 5.41) is 5.26. The molecule has 1 N–H and O–H groups in total. The molecule has 0 bridgehead atoms. The summed E-state index contributed by atoms with van der Waals surface area (Å²) in [6.07, 6.45) is 2.93. The van der Waals surface area contributed by atoms with Gasteiger partial charge in [0.25, 0.3) is 0 Å². The van der Waals surface area contributed by atoms with E-state index in [9.17, 15) is 4.79 Å². The standard InChI is InChI=1S/C11H17N3OS/c15-11(14-5-1-2-6-14)3-4-12-7-10-8-16-9-13-10/h8-9,12H,1-7H2. The SMILES string of the molecule is O=C(CCNCc1cscn1)N1CCCC1. The average Bonchev–Trinajstić information content (AvgIpc) is 2.96. The molecule has 16 heavy (non-hydrogen) atoms. The smallest absolute Gasteiger partial charge is 0.223 e. The van der Waals surface area contributed by atoms with Gasteiger partial charge in [-0.05, 0) is 12.8 Å². The Hall–Kier alpha value is -0.940. The van der Waals surface area contributed by atoms with E-state index in [1.54, 1.807) is 11.3 Å². The minimum absolute atomic E-state index is 0.281. The van der Waals surface area contributed by atoms with E-state index >= 15 is 0 Å². The molecule has 2 heterocycles. The van der Waals surface area contributed by atoms with Crippen LogP contribution in [0.5, 0.6) is 0 Å². The van der Waals surface area contributed by atoms with Gasteiger partial charge in [0, 0.05) is 38.0 Å². The van der Waals surface area contributed by atoms with Crippen molar-refractivity contribution in [1.82, 2.24) is 15.2 Å². The zero-order chi connectivity index (χ0) is 11.2. The quantitative estimate of drug-likeness (QED) is 0.786. The number of carbonyl (C=O) groups is 1. The summed E-state index contributed by atoms with van der Waals surface area (Å²) in [4.78, 5) is 17.8. The summed E-state index contributed by atoms with van der Waals surface area (Å²) in [7, 11) is 0. The lowest BCUT2D eigenvalue weighted by atomic mass is 10.3. The molecule has 0 atom stereocenters. The van der Waals surface area contributed by atoms with Crippen molar-refractivity contribution in [1.29, 1.82) is 0 Å². The summed E-state index contributed by atoms with van der Waals surface area (Å²) < 4.78 is 0. The van der Waals surface area contributed by atoms with Crippen LogP contribution in [0.15, 0.2) is 10.9 Å². The van der Waals surface area contributed by atoms with E-state index in [1.165, 1.54) is 0 Å². The second-order valence-corrected chi connectivity index (χ2v) is 4.71. The Morgan fingerprint density at radius 2 is 2.31 bits per heavy atom. The normalized spacial score (nSPS) is 15.6. The van der Waals surface area contributed by atoms with Crippen molar-refractivity contribution in [2.45, 2.75) is 25.8 Å².